The van der Waals surface area contributed by atoms with E-state index in [1.54, 1.807) is 0 Å². The molecule has 2 N–H and O–H groups in total. The lowest BCUT2D eigenvalue weighted by Gasteiger charge is -2.11. The van der Waals surface area contributed by atoms with Gasteiger partial charge in [-0.2, -0.15) is 0 Å². The molecule has 0 spiro atoms. The van der Waals surface area contributed by atoms with Crippen molar-refractivity contribution in [2.45, 2.75) is 46.2 Å². The van der Waals surface area contributed by atoms with E-state index >= 15 is 0 Å². The lowest BCUT2D eigenvalue weighted by Crippen LogP contribution is -2.17. The summed E-state index contributed by atoms with van der Waals surface area (Å²) in [4.78, 5) is 4.59. The van der Waals surface area contributed by atoms with Gasteiger partial charge in [0.25, 0.3) is 0 Å². The first kappa shape index (κ1) is 12.4. The van der Waals surface area contributed by atoms with Crippen molar-refractivity contribution >= 4 is 5.82 Å². The van der Waals surface area contributed by atoms with Crippen molar-refractivity contribution in [3.8, 4) is 0 Å². The number of rotatable bonds is 6. The van der Waals surface area contributed by atoms with Crippen LogP contribution in [0.2, 0.25) is 0 Å². The maximum atomic E-state index is 4.59. The van der Waals surface area contributed by atoms with Gasteiger partial charge in [0.1, 0.15) is 5.82 Å². The Morgan fingerprint density at radius 1 is 1.35 bits per heavy atom. The molecule has 0 aromatic carbocycles. The van der Waals surface area contributed by atoms with Crippen LogP contribution in [0.5, 0.6) is 0 Å². The molecule has 1 saturated carbocycles. The fraction of sp³-hybridized carbons (Fsp3) is 0.643. The highest BCUT2D eigenvalue weighted by atomic mass is 15.0. The number of hydrogen-bond acceptors (Lipinski definition) is 3. The number of aryl methyl sites for hydroxylation is 1. The smallest absolute Gasteiger partial charge is 0.126 e. The predicted octanol–water partition coefficient (Wildman–Crippen LogP) is 2.71. The molecule has 1 aliphatic rings. The van der Waals surface area contributed by atoms with Crippen LogP contribution in [0.15, 0.2) is 12.1 Å². The standard InChI is InChI=1S/C14H23N3/c1-10(2)8-16-14-7-4-12(11(3)17-14)9-15-13-5-6-13/h4,7,10,13,15H,5-6,8-9H2,1-3H3,(H,16,17). The third-order valence-electron chi connectivity index (χ3n) is 3.05. The van der Waals surface area contributed by atoms with Crippen molar-refractivity contribution in [1.29, 1.82) is 0 Å². The van der Waals surface area contributed by atoms with Gasteiger partial charge in [0, 0.05) is 24.8 Å². The van der Waals surface area contributed by atoms with Crippen molar-refractivity contribution in [1.82, 2.24) is 10.3 Å². The molecule has 3 heteroatoms. The first-order valence-corrected chi connectivity index (χ1v) is 6.59. The fourth-order valence-electron chi connectivity index (χ4n) is 1.73. The summed E-state index contributed by atoms with van der Waals surface area (Å²) in [5.74, 6) is 1.64. The Labute approximate surface area is 104 Å². The molecule has 94 valence electrons. The Kier molecular flexibility index (Phi) is 4.00. The first-order valence-electron chi connectivity index (χ1n) is 6.59. The van der Waals surface area contributed by atoms with Crippen LogP contribution in [0.3, 0.4) is 0 Å². The maximum Gasteiger partial charge on any atom is 0.126 e. The van der Waals surface area contributed by atoms with Crippen molar-refractivity contribution < 1.29 is 0 Å². The van der Waals surface area contributed by atoms with Crippen LogP contribution in [0, 0.1) is 12.8 Å². The summed E-state index contributed by atoms with van der Waals surface area (Å²) in [6, 6.07) is 5.02. The van der Waals surface area contributed by atoms with E-state index < -0.39 is 0 Å². The van der Waals surface area contributed by atoms with Crippen molar-refractivity contribution in [2.24, 2.45) is 5.92 Å². The highest BCUT2D eigenvalue weighted by Crippen LogP contribution is 2.20. The Hall–Kier alpha value is -1.09. The molecule has 0 bridgehead atoms. The minimum Gasteiger partial charge on any atom is -0.370 e. The molecule has 0 unspecified atom stereocenters. The number of hydrogen-bond donors (Lipinski definition) is 2. The quantitative estimate of drug-likeness (QED) is 0.793. The number of nitrogens with zero attached hydrogens (tertiary/aromatic N) is 1. The van der Waals surface area contributed by atoms with Crippen LogP contribution in [0.4, 0.5) is 5.82 Å². The molecule has 1 aliphatic carbocycles. The van der Waals surface area contributed by atoms with E-state index in [1.807, 2.05) is 0 Å². The minimum atomic E-state index is 0.647. The van der Waals surface area contributed by atoms with Gasteiger partial charge in [-0.3, -0.25) is 0 Å². The molecule has 0 saturated heterocycles. The molecule has 1 heterocycles. The van der Waals surface area contributed by atoms with Gasteiger partial charge >= 0.3 is 0 Å². The van der Waals surface area contributed by atoms with E-state index in [-0.39, 0.29) is 0 Å². The summed E-state index contributed by atoms with van der Waals surface area (Å²) >= 11 is 0. The van der Waals surface area contributed by atoms with Crippen LogP contribution in [0.25, 0.3) is 0 Å². The summed E-state index contributed by atoms with van der Waals surface area (Å²) in [6.45, 7) is 8.42. The second-order valence-corrected chi connectivity index (χ2v) is 5.37. The van der Waals surface area contributed by atoms with Gasteiger partial charge in [0.2, 0.25) is 0 Å². The van der Waals surface area contributed by atoms with Gasteiger partial charge in [-0.25, -0.2) is 4.98 Å². The van der Waals surface area contributed by atoms with E-state index in [9.17, 15) is 0 Å². The normalized spacial score (nSPS) is 15.3. The number of nitrogens with one attached hydrogen (secondary N) is 2. The summed E-state index contributed by atoms with van der Waals surface area (Å²) in [6.07, 6.45) is 2.67. The second kappa shape index (κ2) is 5.50. The maximum absolute atomic E-state index is 4.59. The zero-order valence-corrected chi connectivity index (χ0v) is 11.1. The molecule has 1 aromatic rings. The number of aromatic nitrogens is 1. The zero-order valence-electron chi connectivity index (χ0n) is 11.1. The second-order valence-electron chi connectivity index (χ2n) is 5.37. The van der Waals surface area contributed by atoms with Gasteiger partial charge in [-0.15, -0.1) is 0 Å². The molecular weight excluding hydrogens is 210 g/mol. The third kappa shape index (κ3) is 4.00. The number of pyridine rings is 1. The van der Waals surface area contributed by atoms with Crippen molar-refractivity contribution in [3.63, 3.8) is 0 Å². The fourth-order valence-corrected chi connectivity index (χ4v) is 1.73. The van der Waals surface area contributed by atoms with Crippen LogP contribution >= 0.6 is 0 Å². The van der Waals surface area contributed by atoms with E-state index in [2.05, 4.69) is 48.5 Å². The molecular formula is C14H23N3. The highest BCUT2D eigenvalue weighted by molar-refractivity contribution is 5.38. The van der Waals surface area contributed by atoms with Gasteiger partial charge < -0.3 is 10.6 Å². The van der Waals surface area contributed by atoms with Gasteiger partial charge in [0.15, 0.2) is 0 Å². The highest BCUT2D eigenvalue weighted by Gasteiger charge is 2.20. The van der Waals surface area contributed by atoms with E-state index in [0.29, 0.717) is 5.92 Å². The number of anilines is 1. The Morgan fingerprint density at radius 2 is 2.12 bits per heavy atom. The Balaban J connectivity index is 1.90. The molecule has 17 heavy (non-hydrogen) atoms. The molecule has 1 fully saturated rings. The van der Waals surface area contributed by atoms with Crippen LogP contribution < -0.4 is 10.6 Å². The van der Waals surface area contributed by atoms with E-state index in [0.717, 1.165) is 30.6 Å². The zero-order chi connectivity index (χ0) is 12.3. The van der Waals surface area contributed by atoms with Crippen LogP contribution in [-0.2, 0) is 6.54 Å². The molecule has 0 amide bonds. The molecule has 1 aromatic heterocycles. The first-order chi connectivity index (χ1) is 8.15. The van der Waals surface area contributed by atoms with Crippen LogP contribution in [0.1, 0.15) is 37.9 Å². The Bertz CT molecular complexity index is 370. The minimum absolute atomic E-state index is 0.647. The van der Waals surface area contributed by atoms with Crippen molar-refractivity contribution in [2.75, 3.05) is 11.9 Å². The molecule has 0 aliphatic heterocycles. The SMILES string of the molecule is Cc1nc(NCC(C)C)ccc1CNC1CC1. The summed E-state index contributed by atoms with van der Waals surface area (Å²) in [5, 5.41) is 6.88. The molecule has 3 nitrogen and oxygen atoms in total. The predicted molar refractivity (Wildman–Crippen MR) is 72.2 cm³/mol. The molecule has 0 atom stereocenters. The third-order valence-corrected chi connectivity index (χ3v) is 3.05. The summed E-state index contributed by atoms with van der Waals surface area (Å²) in [5.41, 5.74) is 2.44. The monoisotopic (exact) mass is 233 g/mol. The molecule has 0 radical (unpaired) electrons. The van der Waals surface area contributed by atoms with Gasteiger partial charge in [-0.1, -0.05) is 19.9 Å². The molecule has 2 rings (SSSR count). The largest absolute Gasteiger partial charge is 0.370 e. The van der Waals surface area contributed by atoms with E-state index in [1.165, 1.54) is 18.4 Å². The van der Waals surface area contributed by atoms with Crippen molar-refractivity contribution in [3.05, 3.63) is 23.4 Å². The average Bonchev–Trinajstić information content (AvgIpc) is 3.09. The summed E-state index contributed by atoms with van der Waals surface area (Å²) in [7, 11) is 0. The van der Waals surface area contributed by atoms with Gasteiger partial charge in [-0.05, 0) is 37.3 Å². The Morgan fingerprint density at radius 3 is 2.71 bits per heavy atom. The van der Waals surface area contributed by atoms with Crippen LogP contribution in [-0.4, -0.2) is 17.6 Å². The topological polar surface area (TPSA) is 37.0 Å². The lowest BCUT2D eigenvalue weighted by molar-refractivity contribution is 0.679. The summed E-state index contributed by atoms with van der Waals surface area (Å²) < 4.78 is 0. The van der Waals surface area contributed by atoms with E-state index in [4.69, 9.17) is 0 Å². The van der Waals surface area contributed by atoms with Gasteiger partial charge in [0.05, 0.1) is 0 Å². The average molecular weight is 233 g/mol. The lowest BCUT2D eigenvalue weighted by atomic mass is 10.2.